The SMILES string of the molecule is CC(C)(C)C#CCn1cc(CN)c2ccccc21. The second-order valence-electron chi connectivity index (χ2n) is 5.56. The third-order valence-electron chi connectivity index (χ3n) is 2.80. The molecule has 0 saturated heterocycles. The minimum Gasteiger partial charge on any atom is -0.335 e. The maximum absolute atomic E-state index is 5.78. The summed E-state index contributed by atoms with van der Waals surface area (Å²) in [4.78, 5) is 0. The van der Waals surface area contributed by atoms with Gasteiger partial charge in [0.2, 0.25) is 0 Å². The Morgan fingerprint density at radius 3 is 2.61 bits per heavy atom. The molecular formula is C16H20N2. The Kier molecular flexibility index (Phi) is 3.45. The lowest BCUT2D eigenvalue weighted by atomic mass is 9.98. The Hall–Kier alpha value is -1.72. The van der Waals surface area contributed by atoms with Crippen molar-refractivity contribution in [3.05, 3.63) is 36.0 Å². The fraction of sp³-hybridized carbons (Fsp3) is 0.375. The summed E-state index contributed by atoms with van der Waals surface area (Å²) in [7, 11) is 0. The smallest absolute Gasteiger partial charge is 0.0837 e. The Morgan fingerprint density at radius 2 is 1.94 bits per heavy atom. The fourth-order valence-corrected chi connectivity index (χ4v) is 2.01. The van der Waals surface area contributed by atoms with Crippen LogP contribution in [0, 0.1) is 17.3 Å². The molecule has 94 valence electrons. The molecule has 2 N–H and O–H groups in total. The van der Waals surface area contributed by atoms with E-state index in [9.17, 15) is 0 Å². The fourth-order valence-electron chi connectivity index (χ4n) is 2.01. The molecule has 1 aromatic heterocycles. The molecule has 2 heteroatoms. The van der Waals surface area contributed by atoms with Gasteiger partial charge >= 0.3 is 0 Å². The van der Waals surface area contributed by atoms with Gasteiger partial charge in [-0.15, -0.1) is 0 Å². The van der Waals surface area contributed by atoms with Crippen LogP contribution in [0.3, 0.4) is 0 Å². The van der Waals surface area contributed by atoms with Crippen molar-refractivity contribution >= 4 is 10.9 Å². The number of hydrogen-bond donors (Lipinski definition) is 1. The monoisotopic (exact) mass is 240 g/mol. The lowest BCUT2D eigenvalue weighted by molar-refractivity contribution is 0.569. The average Bonchev–Trinajstić information content (AvgIpc) is 2.66. The molecule has 0 radical (unpaired) electrons. The largest absolute Gasteiger partial charge is 0.335 e. The van der Waals surface area contributed by atoms with Gasteiger partial charge in [-0.3, -0.25) is 0 Å². The van der Waals surface area contributed by atoms with E-state index in [2.05, 4.69) is 61.6 Å². The van der Waals surface area contributed by atoms with Crippen molar-refractivity contribution in [3.63, 3.8) is 0 Å². The van der Waals surface area contributed by atoms with Gasteiger partial charge in [-0.05, 0) is 32.4 Å². The van der Waals surface area contributed by atoms with Crippen molar-refractivity contribution in [1.82, 2.24) is 4.57 Å². The highest BCUT2D eigenvalue weighted by Crippen LogP contribution is 2.20. The molecule has 1 aromatic carbocycles. The molecule has 0 fully saturated rings. The first-order chi connectivity index (χ1) is 8.51. The maximum Gasteiger partial charge on any atom is 0.0837 e. The average molecular weight is 240 g/mol. The highest BCUT2D eigenvalue weighted by atomic mass is 14.9. The third-order valence-corrected chi connectivity index (χ3v) is 2.80. The second kappa shape index (κ2) is 4.88. The molecule has 2 aromatic rings. The van der Waals surface area contributed by atoms with Gasteiger partial charge in [0.05, 0.1) is 6.54 Å². The first-order valence-electron chi connectivity index (χ1n) is 6.28. The minimum absolute atomic E-state index is 0.0552. The number of benzene rings is 1. The molecule has 2 rings (SSSR count). The van der Waals surface area contributed by atoms with Crippen LogP contribution in [-0.2, 0) is 13.1 Å². The van der Waals surface area contributed by atoms with E-state index >= 15 is 0 Å². The highest BCUT2D eigenvalue weighted by Gasteiger charge is 2.06. The summed E-state index contributed by atoms with van der Waals surface area (Å²) in [6.07, 6.45) is 2.11. The van der Waals surface area contributed by atoms with E-state index < -0.39 is 0 Å². The number of aromatic nitrogens is 1. The standard InChI is InChI=1S/C16H20N2/c1-16(2,3)9-6-10-18-12-13(11-17)14-7-4-5-8-15(14)18/h4-5,7-8,12H,10-11,17H2,1-3H3. The van der Waals surface area contributed by atoms with Crippen LogP contribution >= 0.6 is 0 Å². The molecule has 1 heterocycles. The van der Waals surface area contributed by atoms with Crippen molar-refractivity contribution in [3.8, 4) is 11.8 Å². The molecule has 0 amide bonds. The van der Waals surface area contributed by atoms with Crippen LogP contribution in [-0.4, -0.2) is 4.57 Å². The summed E-state index contributed by atoms with van der Waals surface area (Å²) in [5.41, 5.74) is 8.23. The molecule has 0 aliphatic carbocycles. The van der Waals surface area contributed by atoms with E-state index in [0.717, 1.165) is 6.54 Å². The Bertz CT molecular complexity index is 603. The topological polar surface area (TPSA) is 30.9 Å². The molecule has 0 unspecified atom stereocenters. The van der Waals surface area contributed by atoms with Crippen LogP contribution in [0.2, 0.25) is 0 Å². The summed E-state index contributed by atoms with van der Waals surface area (Å²) < 4.78 is 2.18. The van der Waals surface area contributed by atoms with E-state index in [1.165, 1.54) is 16.5 Å². The summed E-state index contributed by atoms with van der Waals surface area (Å²) in [5, 5.41) is 1.23. The minimum atomic E-state index is 0.0552. The van der Waals surface area contributed by atoms with Gasteiger partial charge < -0.3 is 10.3 Å². The predicted molar refractivity (Wildman–Crippen MR) is 77.1 cm³/mol. The summed E-state index contributed by atoms with van der Waals surface area (Å²) in [5.74, 6) is 6.50. The zero-order valence-corrected chi connectivity index (χ0v) is 11.3. The molecular weight excluding hydrogens is 220 g/mol. The molecule has 0 saturated carbocycles. The van der Waals surface area contributed by atoms with Crippen LogP contribution in [0.15, 0.2) is 30.5 Å². The molecule has 0 bridgehead atoms. The number of hydrogen-bond acceptors (Lipinski definition) is 1. The molecule has 0 aliphatic heterocycles. The highest BCUT2D eigenvalue weighted by molar-refractivity contribution is 5.84. The maximum atomic E-state index is 5.78. The van der Waals surface area contributed by atoms with Crippen LogP contribution in [0.4, 0.5) is 0 Å². The van der Waals surface area contributed by atoms with E-state index in [1.807, 2.05) is 6.07 Å². The Labute approximate surface area is 109 Å². The van der Waals surface area contributed by atoms with Gasteiger partial charge in [0.25, 0.3) is 0 Å². The van der Waals surface area contributed by atoms with Gasteiger partial charge in [0.1, 0.15) is 0 Å². The summed E-state index contributed by atoms with van der Waals surface area (Å²) >= 11 is 0. The molecule has 0 aliphatic rings. The number of nitrogens with zero attached hydrogens (tertiary/aromatic N) is 1. The summed E-state index contributed by atoms with van der Waals surface area (Å²) in [6.45, 7) is 7.66. The zero-order chi connectivity index (χ0) is 13.2. The third kappa shape index (κ3) is 2.75. The normalized spacial score (nSPS) is 11.3. The van der Waals surface area contributed by atoms with Gasteiger partial charge in [-0.1, -0.05) is 30.0 Å². The number of para-hydroxylation sites is 1. The van der Waals surface area contributed by atoms with Crippen LogP contribution in [0.5, 0.6) is 0 Å². The number of fused-ring (bicyclic) bond motifs is 1. The Balaban J connectivity index is 2.36. The van der Waals surface area contributed by atoms with Gasteiger partial charge in [-0.2, -0.15) is 0 Å². The molecule has 2 nitrogen and oxygen atoms in total. The first-order valence-corrected chi connectivity index (χ1v) is 6.28. The zero-order valence-electron chi connectivity index (χ0n) is 11.3. The van der Waals surface area contributed by atoms with E-state index in [1.54, 1.807) is 0 Å². The van der Waals surface area contributed by atoms with E-state index in [4.69, 9.17) is 5.73 Å². The lowest BCUT2D eigenvalue weighted by Gasteiger charge is -2.07. The Morgan fingerprint density at radius 1 is 1.22 bits per heavy atom. The molecule has 0 spiro atoms. The van der Waals surface area contributed by atoms with Crippen molar-refractivity contribution in [2.45, 2.75) is 33.9 Å². The van der Waals surface area contributed by atoms with Crippen LogP contribution in [0.25, 0.3) is 10.9 Å². The first kappa shape index (κ1) is 12.7. The van der Waals surface area contributed by atoms with Crippen molar-refractivity contribution < 1.29 is 0 Å². The lowest BCUT2D eigenvalue weighted by Crippen LogP contribution is -2.01. The van der Waals surface area contributed by atoms with Crippen LogP contribution in [0.1, 0.15) is 26.3 Å². The quantitative estimate of drug-likeness (QED) is 0.803. The van der Waals surface area contributed by atoms with Crippen molar-refractivity contribution in [2.24, 2.45) is 11.1 Å². The van der Waals surface area contributed by atoms with E-state index in [-0.39, 0.29) is 5.41 Å². The van der Waals surface area contributed by atoms with E-state index in [0.29, 0.717) is 6.54 Å². The van der Waals surface area contributed by atoms with Gasteiger partial charge in [0.15, 0.2) is 0 Å². The second-order valence-corrected chi connectivity index (χ2v) is 5.56. The van der Waals surface area contributed by atoms with Crippen molar-refractivity contribution in [1.29, 1.82) is 0 Å². The molecule has 18 heavy (non-hydrogen) atoms. The summed E-state index contributed by atoms with van der Waals surface area (Å²) in [6, 6.07) is 8.33. The number of rotatable bonds is 2. The predicted octanol–water partition coefficient (Wildman–Crippen LogP) is 3.15. The van der Waals surface area contributed by atoms with Gasteiger partial charge in [0, 0.05) is 29.1 Å². The number of nitrogens with two attached hydrogens (primary N) is 1. The van der Waals surface area contributed by atoms with Crippen LogP contribution < -0.4 is 5.73 Å². The van der Waals surface area contributed by atoms with Gasteiger partial charge in [-0.25, -0.2) is 0 Å². The van der Waals surface area contributed by atoms with Crippen molar-refractivity contribution in [2.75, 3.05) is 0 Å². The molecule has 0 atom stereocenters.